The van der Waals surface area contributed by atoms with Crippen molar-refractivity contribution in [3.8, 4) is 0 Å². The van der Waals surface area contributed by atoms with E-state index in [0.29, 0.717) is 13.1 Å². The summed E-state index contributed by atoms with van der Waals surface area (Å²) in [6.07, 6.45) is -1.33. The predicted octanol–water partition coefficient (Wildman–Crippen LogP) is 1.27. The smallest absolute Gasteiger partial charge is 0.0990 e. The van der Waals surface area contributed by atoms with E-state index in [0.717, 1.165) is 10.2 Å². The van der Waals surface area contributed by atoms with E-state index in [1.165, 1.54) is 5.56 Å². The zero-order chi connectivity index (χ0) is 13.3. The van der Waals surface area contributed by atoms with Crippen molar-refractivity contribution in [1.82, 2.24) is 5.32 Å². The monoisotopic (exact) mass is 314 g/mol. The van der Waals surface area contributed by atoms with Gasteiger partial charge in [0, 0.05) is 29.3 Å². The first-order valence-electron chi connectivity index (χ1n) is 6.10. The second-order valence-electron chi connectivity index (χ2n) is 4.75. The molecule has 1 aliphatic rings. The molecule has 0 amide bonds. The van der Waals surface area contributed by atoms with Crippen molar-refractivity contribution in [3.05, 3.63) is 28.2 Å². The highest BCUT2D eigenvalue weighted by Crippen LogP contribution is 2.31. The Bertz CT molecular complexity index is 417. The van der Waals surface area contributed by atoms with E-state index < -0.39 is 12.2 Å². The van der Waals surface area contributed by atoms with Gasteiger partial charge in [0.1, 0.15) is 0 Å². The van der Waals surface area contributed by atoms with Crippen LogP contribution in [-0.2, 0) is 0 Å². The van der Waals surface area contributed by atoms with Crippen molar-refractivity contribution in [2.45, 2.75) is 25.2 Å². The molecule has 5 heteroatoms. The molecular formula is C13H19BrN2O2. The van der Waals surface area contributed by atoms with Crippen LogP contribution in [-0.4, -0.2) is 42.6 Å². The minimum atomic E-state index is -0.665. The van der Waals surface area contributed by atoms with Gasteiger partial charge in [0.15, 0.2) is 0 Å². The highest BCUT2D eigenvalue weighted by molar-refractivity contribution is 9.10. The maximum absolute atomic E-state index is 9.67. The van der Waals surface area contributed by atoms with E-state index in [2.05, 4.69) is 34.2 Å². The van der Waals surface area contributed by atoms with Crippen molar-refractivity contribution >= 4 is 21.6 Å². The number of nitrogens with one attached hydrogen (secondary N) is 1. The van der Waals surface area contributed by atoms with Gasteiger partial charge in [-0.1, -0.05) is 22.0 Å². The zero-order valence-electron chi connectivity index (χ0n) is 10.6. The van der Waals surface area contributed by atoms with Gasteiger partial charge >= 0.3 is 0 Å². The van der Waals surface area contributed by atoms with Crippen LogP contribution in [0.2, 0.25) is 0 Å². The number of aliphatic hydroxyl groups is 2. The van der Waals surface area contributed by atoms with E-state index in [1.807, 2.05) is 24.1 Å². The molecule has 0 aromatic heterocycles. The standard InChI is InChI=1S/C13H19BrN2O2/c1-8(15-2)10-4-3-9(14)5-11(10)16-6-12(17)13(18)7-16/h3-5,8,12-13,15,17-18H,6-7H2,1-2H3. The number of nitrogens with zero attached hydrogens (tertiary/aromatic N) is 1. The van der Waals surface area contributed by atoms with Crippen molar-refractivity contribution in [2.24, 2.45) is 0 Å². The average molecular weight is 315 g/mol. The van der Waals surface area contributed by atoms with Crippen LogP contribution in [0.15, 0.2) is 22.7 Å². The second-order valence-corrected chi connectivity index (χ2v) is 5.67. The van der Waals surface area contributed by atoms with Crippen LogP contribution in [0.4, 0.5) is 5.69 Å². The third-order valence-electron chi connectivity index (χ3n) is 3.49. The van der Waals surface area contributed by atoms with Crippen molar-refractivity contribution in [2.75, 3.05) is 25.0 Å². The van der Waals surface area contributed by atoms with Crippen LogP contribution in [0.3, 0.4) is 0 Å². The lowest BCUT2D eigenvalue weighted by atomic mass is 10.1. The van der Waals surface area contributed by atoms with Gasteiger partial charge in [-0.3, -0.25) is 0 Å². The molecule has 1 aromatic carbocycles. The highest BCUT2D eigenvalue weighted by atomic mass is 79.9. The van der Waals surface area contributed by atoms with Crippen LogP contribution in [0.5, 0.6) is 0 Å². The number of β-amino-alcohol motifs (C(OH)–C–C–N with tert-alkyl or cyclic N) is 2. The van der Waals surface area contributed by atoms with E-state index >= 15 is 0 Å². The molecule has 3 N–H and O–H groups in total. The van der Waals surface area contributed by atoms with E-state index in [4.69, 9.17) is 0 Å². The number of halogens is 1. The third-order valence-corrected chi connectivity index (χ3v) is 3.98. The van der Waals surface area contributed by atoms with Crippen LogP contribution in [0.1, 0.15) is 18.5 Å². The fourth-order valence-electron chi connectivity index (χ4n) is 2.28. The molecule has 1 aliphatic heterocycles. The molecular weight excluding hydrogens is 296 g/mol. The molecule has 0 radical (unpaired) electrons. The van der Waals surface area contributed by atoms with Crippen molar-refractivity contribution in [1.29, 1.82) is 0 Å². The normalized spacial score (nSPS) is 25.5. The van der Waals surface area contributed by atoms with E-state index in [1.54, 1.807) is 0 Å². The Morgan fingerprint density at radius 2 is 1.94 bits per heavy atom. The number of aliphatic hydroxyl groups excluding tert-OH is 2. The molecule has 0 aliphatic carbocycles. The third kappa shape index (κ3) is 2.69. The lowest BCUT2D eigenvalue weighted by Crippen LogP contribution is -2.24. The molecule has 0 bridgehead atoms. The maximum Gasteiger partial charge on any atom is 0.0990 e. The second kappa shape index (κ2) is 5.57. The van der Waals surface area contributed by atoms with Crippen LogP contribution in [0, 0.1) is 0 Å². The molecule has 1 aromatic rings. The van der Waals surface area contributed by atoms with Crippen LogP contribution in [0.25, 0.3) is 0 Å². The minimum Gasteiger partial charge on any atom is -0.389 e. The van der Waals surface area contributed by atoms with Gasteiger partial charge in [0.25, 0.3) is 0 Å². The molecule has 4 nitrogen and oxygen atoms in total. The first-order valence-corrected chi connectivity index (χ1v) is 6.90. The van der Waals surface area contributed by atoms with Crippen LogP contribution < -0.4 is 10.2 Å². The number of benzene rings is 1. The van der Waals surface area contributed by atoms with Gasteiger partial charge in [-0.15, -0.1) is 0 Å². The Morgan fingerprint density at radius 3 is 2.50 bits per heavy atom. The largest absolute Gasteiger partial charge is 0.389 e. The van der Waals surface area contributed by atoms with Crippen LogP contribution >= 0.6 is 15.9 Å². The predicted molar refractivity (Wildman–Crippen MR) is 75.8 cm³/mol. The summed E-state index contributed by atoms with van der Waals surface area (Å²) in [7, 11) is 1.92. The zero-order valence-corrected chi connectivity index (χ0v) is 12.2. The van der Waals surface area contributed by atoms with Gasteiger partial charge < -0.3 is 20.4 Å². The van der Waals surface area contributed by atoms with Crippen molar-refractivity contribution in [3.63, 3.8) is 0 Å². The summed E-state index contributed by atoms with van der Waals surface area (Å²) in [5, 5.41) is 22.6. The number of hydrogen-bond acceptors (Lipinski definition) is 4. The number of hydrogen-bond donors (Lipinski definition) is 3. The Morgan fingerprint density at radius 1 is 1.33 bits per heavy atom. The quantitative estimate of drug-likeness (QED) is 0.786. The summed E-state index contributed by atoms with van der Waals surface area (Å²) >= 11 is 3.47. The summed E-state index contributed by atoms with van der Waals surface area (Å²) in [6.45, 7) is 3.04. The molecule has 1 heterocycles. The van der Waals surface area contributed by atoms with Gasteiger partial charge in [0.2, 0.25) is 0 Å². The van der Waals surface area contributed by atoms with E-state index in [-0.39, 0.29) is 6.04 Å². The molecule has 100 valence electrons. The molecule has 1 fully saturated rings. The summed E-state index contributed by atoms with van der Waals surface area (Å²) < 4.78 is 1.00. The van der Waals surface area contributed by atoms with E-state index in [9.17, 15) is 10.2 Å². The number of rotatable bonds is 3. The Hall–Kier alpha value is -0.620. The molecule has 3 unspecified atom stereocenters. The maximum atomic E-state index is 9.67. The van der Waals surface area contributed by atoms with Gasteiger partial charge in [-0.2, -0.15) is 0 Å². The first kappa shape index (κ1) is 13.8. The summed E-state index contributed by atoms with van der Waals surface area (Å²) in [5.41, 5.74) is 2.23. The molecule has 3 atom stereocenters. The van der Waals surface area contributed by atoms with Gasteiger partial charge in [-0.05, 0) is 31.7 Å². The topological polar surface area (TPSA) is 55.7 Å². The number of anilines is 1. The molecule has 0 spiro atoms. The summed E-state index contributed by atoms with van der Waals surface area (Å²) in [5.74, 6) is 0. The van der Waals surface area contributed by atoms with Crippen molar-refractivity contribution < 1.29 is 10.2 Å². The highest BCUT2D eigenvalue weighted by Gasteiger charge is 2.31. The Labute approximate surface area is 116 Å². The molecule has 1 saturated heterocycles. The molecule has 2 rings (SSSR count). The molecule has 0 saturated carbocycles. The fourth-order valence-corrected chi connectivity index (χ4v) is 2.63. The lowest BCUT2D eigenvalue weighted by molar-refractivity contribution is 0.0572. The van der Waals surface area contributed by atoms with Gasteiger partial charge in [0.05, 0.1) is 12.2 Å². The lowest BCUT2D eigenvalue weighted by Gasteiger charge is -2.24. The minimum absolute atomic E-state index is 0.225. The van der Waals surface area contributed by atoms with Gasteiger partial charge in [-0.25, -0.2) is 0 Å². The fraction of sp³-hybridized carbons (Fsp3) is 0.538. The molecule has 18 heavy (non-hydrogen) atoms. The summed E-state index contributed by atoms with van der Waals surface area (Å²) in [4.78, 5) is 2.03. The first-order chi connectivity index (χ1) is 8.52. The Balaban J connectivity index is 2.33. The average Bonchev–Trinajstić information content (AvgIpc) is 2.68. The Kier molecular flexibility index (Phi) is 4.27. The summed E-state index contributed by atoms with van der Waals surface area (Å²) in [6, 6.07) is 6.34. The SMILES string of the molecule is CNC(C)c1ccc(Br)cc1N1CC(O)C(O)C1.